The fourth-order valence-corrected chi connectivity index (χ4v) is 5.64. The molecule has 1 spiro atoms. The highest BCUT2D eigenvalue weighted by molar-refractivity contribution is 5.80. The van der Waals surface area contributed by atoms with Gasteiger partial charge in [0, 0.05) is 36.6 Å². The number of aliphatic imine (C=N–C) groups is 1. The monoisotopic (exact) mass is 334 g/mol. The molecule has 5 heteroatoms. The number of nitrogens with one attached hydrogen (secondary N) is 2. The van der Waals surface area contributed by atoms with Crippen LogP contribution in [-0.2, 0) is 4.74 Å². The molecular weight excluding hydrogens is 300 g/mol. The van der Waals surface area contributed by atoms with Crippen molar-refractivity contribution in [2.75, 3.05) is 32.8 Å². The number of fused-ring (bicyclic) bond motifs is 2. The van der Waals surface area contributed by atoms with E-state index in [4.69, 9.17) is 9.73 Å². The molecule has 0 radical (unpaired) electrons. The molecule has 4 fully saturated rings. The van der Waals surface area contributed by atoms with Gasteiger partial charge >= 0.3 is 0 Å². The van der Waals surface area contributed by atoms with E-state index in [1.54, 1.807) is 0 Å². The van der Waals surface area contributed by atoms with Crippen LogP contribution in [0.2, 0.25) is 0 Å². The summed E-state index contributed by atoms with van der Waals surface area (Å²) in [5.41, 5.74) is 0.417. The van der Waals surface area contributed by atoms with Crippen molar-refractivity contribution in [1.29, 1.82) is 0 Å². The minimum atomic E-state index is 0.417. The van der Waals surface area contributed by atoms with Crippen molar-refractivity contribution in [2.24, 2.45) is 16.3 Å². The number of likely N-dealkylation sites (N-methyl/N-ethyl adjacent to an activating group) is 1. The average Bonchev–Trinajstić information content (AvgIpc) is 3.16. The Labute approximate surface area is 146 Å². The van der Waals surface area contributed by atoms with Crippen molar-refractivity contribution in [3.63, 3.8) is 0 Å². The lowest BCUT2D eigenvalue weighted by Crippen LogP contribution is -2.72. The second-order valence-electron chi connectivity index (χ2n) is 8.10. The number of guanidine groups is 1. The normalized spacial score (nSPS) is 37.8. The van der Waals surface area contributed by atoms with Crippen LogP contribution in [0, 0.1) is 11.3 Å². The maximum atomic E-state index is 6.04. The van der Waals surface area contributed by atoms with E-state index >= 15 is 0 Å². The molecule has 4 atom stereocenters. The predicted molar refractivity (Wildman–Crippen MR) is 97.3 cm³/mol. The highest BCUT2D eigenvalue weighted by Crippen LogP contribution is 2.62. The van der Waals surface area contributed by atoms with Gasteiger partial charge in [0.1, 0.15) is 0 Å². The molecule has 0 aromatic rings. The van der Waals surface area contributed by atoms with Gasteiger partial charge in [-0.2, -0.15) is 0 Å². The van der Waals surface area contributed by atoms with E-state index in [0.29, 0.717) is 29.5 Å². The summed E-state index contributed by atoms with van der Waals surface area (Å²) in [5.74, 6) is 1.73. The van der Waals surface area contributed by atoms with Crippen molar-refractivity contribution in [2.45, 2.75) is 70.6 Å². The van der Waals surface area contributed by atoms with Crippen LogP contribution in [0.1, 0.15) is 52.4 Å². The molecule has 2 saturated heterocycles. The van der Waals surface area contributed by atoms with Crippen LogP contribution < -0.4 is 10.6 Å². The molecule has 24 heavy (non-hydrogen) atoms. The summed E-state index contributed by atoms with van der Waals surface area (Å²) in [5, 5.41) is 7.30. The Kier molecular flexibility index (Phi) is 4.74. The van der Waals surface area contributed by atoms with E-state index in [9.17, 15) is 0 Å². The Bertz CT molecular complexity index is 476. The van der Waals surface area contributed by atoms with Crippen LogP contribution in [0.15, 0.2) is 4.99 Å². The Hall–Kier alpha value is -0.810. The maximum Gasteiger partial charge on any atom is 0.191 e. The Morgan fingerprint density at radius 2 is 2.12 bits per heavy atom. The zero-order valence-corrected chi connectivity index (χ0v) is 15.4. The second-order valence-corrected chi connectivity index (χ2v) is 8.10. The first kappa shape index (κ1) is 16.6. The Morgan fingerprint density at radius 1 is 1.25 bits per heavy atom. The molecule has 0 aromatic heterocycles. The fraction of sp³-hybridized carbons (Fsp3) is 0.947. The molecule has 2 N–H and O–H groups in total. The van der Waals surface area contributed by atoms with Crippen LogP contribution in [0.4, 0.5) is 0 Å². The van der Waals surface area contributed by atoms with E-state index in [2.05, 4.69) is 29.4 Å². The highest BCUT2D eigenvalue weighted by Gasteiger charge is 2.66. The van der Waals surface area contributed by atoms with Gasteiger partial charge in [-0.05, 0) is 52.1 Å². The zero-order chi connectivity index (χ0) is 16.6. The van der Waals surface area contributed by atoms with Crippen LogP contribution >= 0.6 is 0 Å². The number of hydrogen-bond donors (Lipinski definition) is 2. The van der Waals surface area contributed by atoms with E-state index in [1.165, 1.54) is 45.1 Å². The fourth-order valence-electron chi connectivity index (χ4n) is 5.64. The highest BCUT2D eigenvalue weighted by atomic mass is 16.5. The number of hydrogen-bond acceptors (Lipinski definition) is 3. The van der Waals surface area contributed by atoms with Gasteiger partial charge in [0.15, 0.2) is 5.96 Å². The van der Waals surface area contributed by atoms with Crippen molar-refractivity contribution >= 4 is 5.96 Å². The topological polar surface area (TPSA) is 48.9 Å². The lowest BCUT2D eigenvalue weighted by Gasteiger charge is -2.63. The van der Waals surface area contributed by atoms with Gasteiger partial charge in [-0.1, -0.05) is 13.3 Å². The quantitative estimate of drug-likeness (QED) is 0.596. The standard InChI is InChI=1S/C19H34N4O/c1-3-20-18(21-13-14-7-5-11-23(14)4-2)22-16-15-8-12-24-17(15)19(16)9-6-10-19/h14-17H,3-13H2,1-2H3,(H2,20,21,22). The molecule has 2 heterocycles. The molecule has 0 bridgehead atoms. The molecule has 2 aliphatic carbocycles. The van der Waals surface area contributed by atoms with Gasteiger partial charge in [-0.15, -0.1) is 0 Å². The molecule has 2 saturated carbocycles. The van der Waals surface area contributed by atoms with Crippen LogP contribution in [-0.4, -0.2) is 61.8 Å². The first-order valence-electron chi connectivity index (χ1n) is 10.2. The summed E-state index contributed by atoms with van der Waals surface area (Å²) < 4.78 is 6.04. The first-order chi connectivity index (χ1) is 11.8. The third-order valence-electron chi connectivity index (χ3n) is 7.04. The summed E-state index contributed by atoms with van der Waals surface area (Å²) in [6.07, 6.45) is 8.39. The lowest BCUT2D eigenvalue weighted by atomic mass is 9.46. The van der Waals surface area contributed by atoms with Gasteiger partial charge in [-0.25, -0.2) is 0 Å². The molecule has 4 unspecified atom stereocenters. The van der Waals surface area contributed by atoms with Crippen LogP contribution in [0.25, 0.3) is 0 Å². The molecule has 5 nitrogen and oxygen atoms in total. The predicted octanol–water partition coefficient (Wildman–Crippen LogP) is 1.98. The minimum absolute atomic E-state index is 0.417. The van der Waals surface area contributed by atoms with Gasteiger partial charge in [0.2, 0.25) is 0 Å². The molecule has 4 aliphatic rings. The Morgan fingerprint density at radius 3 is 2.83 bits per heavy atom. The van der Waals surface area contributed by atoms with Crippen molar-refractivity contribution in [3.05, 3.63) is 0 Å². The lowest BCUT2D eigenvalue weighted by molar-refractivity contribution is -0.171. The number of ether oxygens (including phenoxy) is 1. The molecule has 2 aliphatic heterocycles. The van der Waals surface area contributed by atoms with Crippen LogP contribution in [0.3, 0.4) is 0 Å². The molecule has 4 rings (SSSR count). The molecular formula is C19H34N4O. The zero-order valence-electron chi connectivity index (χ0n) is 15.4. The van der Waals surface area contributed by atoms with Gasteiger partial charge in [0.25, 0.3) is 0 Å². The number of rotatable bonds is 5. The first-order valence-corrected chi connectivity index (χ1v) is 10.2. The van der Waals surface area contributed by atoms with E-state index < -0.39 is 0 Å². The van der Waals surface area contributed by atoms with Crippen molar-refractivity contribution in [1.82, 2.24) is 15.5 Å². The number of likely N-dealkylation sites (tertiary alicyclic amines) is 1. The number of nitrogens with zero attached hydrogens (tertiary/aromatic N) is 2. The SMILES string of the molecule is CCNC(=NCC1CCCN1CC)NC1C2CCOC2C12CCC2. The molecule has 0 amide bonds. The second kappa shape index (κ2) is 6.83. The minimum Gasteiger partial charge on any atom is -0.377 e. The molecule has 0 aromatic carbocycles. The van der Waals surface area contributed by atoms with E-state index in [0.717, 1.165) is 32.2 Å². The summed E-state index contributed by atoms with van der Waals surface area (Å²) >= 11 is 0. The van der Waals surface area contributed by atoms with Gasteiger partial charge < -0.3 is 15.4 Å². The summed E-state index contributed by atoms with van der Waals surface area (Å²) in [6.45, 7) is 9.62. The largest absolute Gasteiger partial charge is 0.377 e. The molecule has 136 valence electrons. The average molecular weight is 335 g/mol. The van der Waals surface area contributed by atoms with Crippen LogP contribution in [0.5, 0.6) is 0 Å². The van der Waals surface area contributed by atoms with Crippen molar-refractivity contribution in [3.8, 4) is 0 Å². The Balaban J connectivity index is 1.41. The van der Waals surface area contributed by atoms with E-state index in [1.807, 2.05) is 0 Å². The smallest absolute Gasteiger partial charge is 0.191 e. The van der Waals surface area contributed by atoms with Gasteiger partial charge in [-0.3, -0.25) is 9.89 Å². The van der Waals surface area contributed by atoms with E-state index in [-0.39, 0.29) is 0 Å². The third-order valence-corrected chi connectivity index (χ3v) is 7.04. The van der Waals surface area contributed by atoms with Crippen molar-refractivity contribution < 1.29 is 4.74 Å². The summed E-state index contributed by atoms with van der Waals surface area (Å²) in [7, 11) is 0. The maximum absolute atomic E-state index is 6.04. The third kappa shape index (κ3) is 2.64. The van der Waals surface area contributed by atoms with Gasteiger partial charge in [0.05, 0.1) is 12.6 Å². The summed E-state index contributed by atoms with van der Waals surface area (Å²) in [6, 6.07) is 1.20. The summed E-state index contributed by atoms with van der Waals surface area (Å²) in [4.78, 5) is 7.54.